The van der Waals surface area contributed by atoms with Crippen LogP contribution in [-0.4, -0.2) is 59.2 Å². The zero-order chi connectivity index (χ0) is 17.5. The zero-order valence-corrected chi connectivity index (χ0v) is 15.2. The van der Waals surface area contributed by atoms with Crippen LogP contribution in [0.4, 0.5) is 17.7 Å². The summed E-state index contributed by atoms with van der Waals surface area (Å²) in [5, 5.41) is 0. The van der Waals surface area contributed by atoms with Gasteiger partial charge >= 0.3 is 0 Å². The van der Waals surface area contributed by atoms with Crippen molar-refractivity contribution in [3.63, 3.8) is 0 Å². The molecule has 134 valence electrons. The summed E-state index contributed by atoms with van der Waals surface area (Å²) in [5.74, 6) is 2.65. The summed E-state index contributed by atoms with van der Waals surface area (Å²) in [6.07, 6.45) is 7.70. The third kappa shape index (κ3) is 4.35. The van der Waals surface area contributed by atoms with Crippen LogP contribution in [-0.2, 0) is 0 Å². The Morgan fingerprint density at radius 1 is 0.840 bits per heavy atom. The van der Waals surface area contributed by atoms with Crippen molar-refractivity contribution < 1.29 is 0 Å². The first-order chi connectivity index (χ1) is 12.3. The number of hydrogen-bond acceptors (Lipinski definition) is 7. The number of rotatable bonds is 7. The molecule has 3 heterocycles. The lowest BCUT2D eigenvalue weighted by molar-refractivity contribution is 0.626. The van der Waals surface area contributed by atoms with Gasteiger partial charge in [-0.25, -0.2) is 15.0 Å². The van der Waals surface area contributed by atoms with E-state index in [1.807, 2.05) is 18.3 Å². The maximum atomic E-state index is 4.82. The molecule has 0 amide bonds. The van der Waals surface area contributed by atoms with Crippen LogP contribution in [0.1, 0.15) is 26.7 Å². The first-order valence-electron chi connectivity index (χ1n) is 9.16. The van der Waals surface area contributed by atoms with Crippen molar-refractivity contribution in [3.05, 3.63) is 30.7 Å². The van der Waals surface area contributed by atoms with Gasteiger partial charge in [-0.15, -0.1) is 0 Å². The molecule has 0 spiro atoms. The molecule has 0 aromatic carbocycles. The highest BCUT2D eigenvalue weighted by atomic mass is 15.4. The summed E-state index contributed by atoms with van der Waals surface area (Å²) in [5.41, 5.74) is 0. The van der Waals surface area contributed by atoms with Gasteiger partial charge in [-0.2, -0.15) is 4.98 Å². The average molecular weight is 341 g/mol. The van der Waals surface area contributed by atoms with Gasteiger partial charge in [0.2, 0.25) is 11.9 Å². The quantitative estimate of drug-likeness (QED) is 0.765. The third-order valence-corrected chi connectivity index (χ3v) is 4.34. The Morgan fingerprint density at radius 2 is 1.40 bits per heavy atom. The van der Waals surface area contributed by atoms with Crippen LogP contribution in [0.25, 0.3) is 0 Å². The summed E-state index contributed by atoms with van der Waals surface area (Å²) in [6.45, 7) is 9.99. The highest BCUT2D eigenvalue weighted by Gasteiger charge is 2.21. The molecule has 1 fully saturated rings. The maximum Gasteiger partial charge on any atom is 0.227 e. The molecule has 0 aliphatic carbocycles. The SMILES string of the molecule is CCCN(CCC)c1ccnc(N2CCN(c3ncccn3)CC2)n1. The summed E-state index contributed by atoms with van der Waals surface area (Å²) in [4.78, 5) is 24.8. The van der Waals surface area contributed by atoms with Crippen molar-refractivity contribution in [2.75, 3.05) is 54.0 Å². The van der Waals surface area contributed by atoms with E-state index in [-0.39, 0.29) is 0 Å². The van der Waals surface area contributed by atoms with Gasteiger partial charge in [-0.3, -0.25) is 0 Å². The second-order valence-corrected chi connectivity index (χ2v) is 6.22. The minimum Gasteiger partial charge on any atom is -0.356 e. The molecule has 0 unspecified atom stereocenters. The van der Waals surface area contributed by atoms with Crippen LogP contribution in [0, 0.1) is 0 Å². The van der Waals surface area contributed by atoms with Gasteiger partial charge in [0, 0.05) is 57.9 Å². The fraction of sp³-hybridized carbons (Fsp3) is 0.556. The van der Waals surface area contributed by atoms with Crippen molar-refractivity contribution in [2.24, 2.45) is 0 Å². The molecule has 1 aliphatic heterocycles. The Balaban J connectivity index is 1.66. The molecule has 2 aromatic heterocycles. The van der Waals surface area contributed by atoms with Crippen molar-refractivity contribution >= 4 is 17.7 Å². The van der Waals surface area contributed by atoms with E-state index in [1.165, 1.54) is 0 Å². The van der Waals surface area contributed by atoms with E-state index in [0.717, 1.165) is 69.8 Å². The summed E-state index contributed by atoms with van der Waals surface area (Å²) < 4.78 is 0. The monoisotopic (exact) mass is 341 g/mol. The number of nitrogens with zero attached hydrogens (tertiary/aromatic N) is 7. The normalized spacial score (nSPS) is 14.6. The lowest BCUT2D eigenvalue weighted by Crippen LogP contribution is -2.47. The first-order valence-corrected chi connectivity index (χ1v) is 9.16. The lowest BCUT2D eigenvalue weighted by atomic mass is 10.3. The van der Waals surface area contributed by atoms with Crippen LogP contribution in [0.2, 0.25) is 0 Å². The number of anilines is 3. The molecule has 25 heavy (non-hydrogen) atoms. The minimum atomic E-state index is 0.800. The number of piperazine rings is 1. The number of aromatic nitrogens is 4. The smallest absolute Gasteiger partial charge is 0.227 e. The van der Waals surface area contributed by atoms with Crippen LogP contribution in [0.5, 0.6) is 0 Å². The van der Waals surface area contributed by atoms with Crippen molar-refractivity contribution in [3.8, 4) is 0 Å². The fourth-order valence-electron chi connectivity index (χ4n) is 3.11. The highest BCUT2D eigenvalue weighted by molar-refractivity contribution is 5.45. The Morgan fingerprint density at radius 3 is 2.00 bits per heavy atom. The van der Waals surface area contributed by atoms with Crippen LogP contribution < -0.4 is 14.7 Å². The van der Waals surface area contributed by atoms with Gasteiger partial charge in [0.1, 0.15) is 5.82 Å². The highest BCUT2D eigenvalue weighted by Crippen LogP contribution is 2.18. The van der Waals surface area contributed by atoms with Crippen LogP contribution in [0.3, 0.4) is 0 Å². The number of hydrogen-bond donors (Lipinski definition) is 0. The standard InChI is InChI=1S/C18H27N7/c1-3-10-23(11-4-2)16-6-9-21-18(22-16)25-14-12-24(13-15-25)17-19-7-5-8-20-17/h5-9H,3-4,10-15H2,1-2H3. The van der Waals surface area contributed by atoms with Gasteiger partial charge < -0.3 is 14.7 Å². The largest absolute Gasteiger partial charge is 0.356 e. The van der Waals surface area contributed by atoms with E-state index in [2.05, 4.69) is 43.5 Å². The van der Waals surface area contributed by atoms with Crippen LogP contribution in [0.15, 0.2) is 30.7 Å². The molecule has 1 saturated heterocycles. The molecule has 3 rings (SSSR count). The molecule has 2 aromatic rings. The topological polar surface area (TPSA) is 61.3 Å². The minimum absolute atomic E-state index is 0.800. The van der Waals surface area contributed by atoms with E-state index >= 15 is 0 Å². The van der Waals surface area contributed by atoms with Crippen molar-refractivity contribution in [1.29, 1.82) is 0 Å². The predicted molar refractivity (Wildman–Crippen MR) is 101 cm³/mol. The molecule has 0 radical (unpaired) electrons. The van der Waals surface area contributed by atoms with E-state index in [1.54, 1.807) is 12.4 Å². The van der Waals surface area contributed by atoms with Gasteiger partial charge in [0.25, 0.3) is 0 Å². The summed E-state index contributed by atoms with van der Waals surface area (Å²) in [7, 11) is 0. The van der Waals surface area contributed by atoms with E-state index in [0.29, 0.717) is 0 Å². The van der Waals surface area contributed by atoms with E-state index in [9.17, 15) is 0 Å². The average Bonchev–Trinajstić information content (AvgIpc) is 2.69. The van der Waals surface area contributed by atoms with Gasteiger partial charge in [0.05, 0.1) is 0 Å². The van der Waals surface area contributed by atoms with Gasteiger partial charge in [0.15, 0.2) is 0 Å². The van der Waals surface area contributed by atoms with Crippen LogP contribution >= 0.6 is 0 Å². The second kappa shape index (κ2) is 8.60. The molecule has 0 N–H and O–H groups in total. The molecular formula is C18H27N7. The van der Waals surface area contributed by atoms with Gasteiger partial charge in [-0.1, -0.05) is 13.8 Å². The Kier molecular flexibility index (Phi) is 5.98. The third-order valence-electron chi connectivity index (χ3n) is 4.34. The second-order valence-electron chi connectivity index (χ2n) is 6.22. The lowest BCUT2D eigenvalue weighted by Gasteiger charge is -2.35. The van der Waals surface area contributed by atoms with Gasteiger partial charge in [-0.05, 0) is 25.0 Å². The Bertz CT molecular complexity index is 635. The maximum absolute atomic E-state index is 4.82. The molecule has 0 saturated carbocycles. The predicted octanol–water partition coefficient (Wildman–Crippen LogP) is 2.22. The molecule has 7 nitrogen and oxygen atoms in total. The molecule has 0 atom stereocenters. The molecular weight excluding hydrogens is 314 g/mol. The van der Waals surface area contributed by atoms with Crippen molar-refractivity contribution in [2.45, 2.75) is 26.7 Å². The Hall–Kier alpha value is -2.44. The first kappa shape index (κ1) is 17.4. The fourth-order valence-corrected chi connectivity index (χ4v) is 3.11. The van der Waals surface area contributed by atoms with E-state index < -0.39 is 0 Å². The summed E-state index contributed by atoms with van der Waals surface area (Å²) in [6, 6.07) is 3.86. The Labute approximate surface area is 149 Å². The molecule has 7 heteroatoms. The zero-order valence-electron chi connectivity index (χ0n) is 15.2. The van der Waals surface area contributed by atoms with Crippen molar-refractivity contribution in [1.82, 2.24) is 19.9 Å². The van der Waals surface area contributed by atoms with E-state index in [4.69, 9.17) is 4.98 Å². The molecule has 1 aliphatic rings. The summed E-state index contributed by atoms with van der Waals surface area (Å²) >= 11 is 0. The molecule has 0 bridgehead atoms.